The molecule has 1 aromatic carbocycles. The lowest BCUT2D eigenvalue weighted by Gasteiger charge is -2.19. The van der Waals surface area contributed by atoms with Crippen LogP contribution in [0.4, 0.5) is 0 Å². The third-order valence-corrected chi connectivity index (χ3v) is 3.87. The Bertz CT molecular complexity index is 562. The van der Waals surface area contributed by atoms with Crippen LogP contribution in [0, 0.1) is 6.92 Å². The van der Waals surface area contributed by atoms with E-state index in [-0.39, 0.29) is 0 Å². The summed E-state index contributed by atoms with van der Waals surface area (Å²) in [4.78, 5) is 4.57. The molecule has 2 heteroatoms. The van der Waals surface area contributed by atoms with E-state index in [1.54, 1.807) is 0 Å². The standard InChI is InChI=1S/C18H26N2/c1-5-10-19-15(4)11-13(2)16-8-9-18-17(12-16)7-6-14(3)20-18/h6-9,12-13,15,19H,5,10-11H2,1-4H3. The quantitative estimate of drug-likeness (QED) is 0.840. The van der Waals surface area contributed by atoms with Crippen molar-refractivity contribution in [1.82, 2.24) is 10.3 Å². The maximum Gasteiger partial charge on any atom is 0.0705 e. The van der Waals surface area contributed by atoms with Crippen LogP contribution in [0.2, 0.25) is 0 Å². The predicted octanol–water partition coefficient (Wildman–Crippen LogP) is 4.42. The summed E-state index contributed by atoms with van der Waals surface area (Å²) in [5.74, 6) is 0.569. The summed E-state index contributed by atoms with van der Waals surface area (Å²) >= 11 is 0. The number of aromatic nitrogens is 1. The topological polar surface area (TPSA) is 24.9 Å². The Hall–Kier alpha value is -1.41. The number of pyridine rings is 1. The Morgan fingerprint density at radius 2 is 1.95 bits per heavy atom. The third kappa shape index (κ3) is 3.80. The molecule has 0 aliphatic rings. The van der Waals surface area contributed by atoms with Crippen LogP contribution in [0.15, 0.2) is 30.3 Å². The van der Waals surface area contributed by atoms with Gasteiger partial charge in [0.15, 0.2) is 0 Å². The van der Waals surface area contributed by atoms with Crippen molar-refractivity contribution in [2.45, 2.75) is 52.5 Å². The molecule has 0 bridgehead atoms. The zero-order valence-electron chi connectivity index (χ0n) is 13.1. The minimum atomic E-state index is 0.566. The maximum absolute atomic E-state index is 4.57. The van der Waals surface area contributed by atoms with Gasteiger partial charge in [-0.1, -0.05) is 26.0 Å². The third-order valence-electron chi connectivity index (χ3n) is 3.87. The van der Waals surface area contributed by atoms with Crippen LogP contribution >= 0.6 is 0 Å². The number of nitrogens with one attached hydrogen (secondary N) is 1. The van der Waals surface area contributed by atoms with Crippen LogP contribution in [0.5, 0.6) is 0 Å². The number of nitrogens with zero attached hydrogens (tertiary/aromatic N) is 1. The van der Waals surface area contributed by atoms with Crippen LogP contribution in [-0.2, 0) is 0 Å². The summed E-state index contributed by atoms with van der Waals surface area (Å²) in [5.41, 5.74) is 3.59. The van der Waals surface area contributed by atoms with Gasteiger partial charge in [-0.25, -0.2) is 0 Å². The van der Waals surface area contributed by atoms with E-state index in [1.165, 1.54) is 23.8 Å². The summed E-state index contributed by atoms with van der Waals surface area (Å²) in [6.07, 6.45) is 2.37. The van der Waals surface area contributed by atoms with Crippen molar-refractivity contribution in [3.63, 3.8) is 0 Å². The molecule has 1 aromatic heterocycles. The molecule has 0 aliphatic heterocycles. The molecule has 0 aliphatic carbocycles. The van der Waals surface area contributed by atoms with Crippen molar-refractivity contribution in [1.29, 1.82) is 0 Å². The molecule has 2 unspecified atom stereocenters. The Morgan fingerprint density at radius 3 is 2.70 bits per heavy atom. The second-order valence-corrected chi connectivity index (χ2v) is 5.90. The minimum absolute atomic E-state index is 0.566. The van der Waals surface area contributed by atoms with Crippen LogP contribution in [0.1, 0.15) is 50.8 Å². The van der Waals surface area contributed by atoms with Crippen molar-refractivity contribution in [2.24, 2.45) is 0 Å². The van der Waals surface area contributed by atoms with E-state index >= 15 is 0 Å². The van der Waals surface area contributed by atoms with Gasteiger partial charge in [-0.15, -0.1) is 0 Å². The molecular formula is C18H26N2. The fourth-order valence-electron chi connectivity index (χ4n) is 2.69. The maximum atomic E-state index is 4.57. The van der Waals surface area contributed by atoms with E-state index in [9.17, 15) is 0 Å². The lowest BCUT2D eigenvalue weighted by atomic mass is 9.93. The molecule has 2 rings (SSSR count). The number of benzene rings is 1. The van der Waals surface area contributed by atoms with E-state index in [1.807, 2.05) is 6.92 Å². The van der Waals surface area contributed by atoms with Crippen molar-refractivity contribution >= 4 is 10.9 Å². The van der Waals surface area contributed by atoms with Crippen molar-refractivity contribution < 1.29 is 0 Å². The summed E-state index contributed by atoms with van der Waals surface area (Å²) in [7, 11) is 0. The minimum Gasteiger partial charge on any atom is -0.314 e. The van der Waals surface area contributed by atoms with Crippen molar-refractivity contribution in [2.75, 3.05) is 6.54 Å². The van der Waals surface area contributed by atoms with E-state index in [0.717, 1.165) is 17.8 Å². The van der Waals surface area contributed by atoms with Gasteiger partial charge in [0.1, 0.15) is 0 Å². The Kier molecular flexibility index (Phi) is 5.13. The van der Waals surface area contributed by atoms with Crippen LogP contribution in [-0.4, -0.2) is 17.6 Å². The summed E-state index contributed by atoms with van der Waals surface area (Å²) < 4.78 is 0. The second-order valence-electron chi connectivity index (χ2n) is 5.90. The van der Waals surface area contributed by atoms with Crippen LogP contribution in [0.25, 0.3) is 10.9 Å². The van der Waals surface area contributed by atoms with E-state index in [0.29, 0.717) is 12.0 Å². The fourth-order valence-corrected chi connectivity index (χ4v) is 2.69. The highest BCUT2D eigenvalue weighted by molar-refractivity contribution is 5.79. The molecular weight excluding hydrogens is 244 g/mol. The largest absolute Gasteiger partial charge is 0.314 e. The Morgan fingerprint density at radius 1 is 1.15 bits per heavy atom. The van der Waals surface area contributed by atoms with Crippen molar-refractivity contribution in [3.8, 4) is 0 Å². The zero-order chi connectivity index (χ0) is 14.5. The first kappa shape index (κ1) is 15.0. The summed E-state index contributed by atoms with van der Waals surface area (Å²) in [6, 6.07) is 11.5. The molecule has 0 saturated heterocycles. The van der Waals surface area contributed by atoms with Gasteiger partial charge in [0.05, 0.1) is 5.52 Å². The molecule has 2 aromatic rings. The number of hydrogen-bond donors (Lipinski definition) is 1. The lowest BCUT2D eigenvalue weighted by Crippen LogP contribution is -2.27. The molecule has 0 amide bonds. The molecule has 0 fully saturated rings. The monoisotopic (exact) mass is 270 g/mol. The SMILES string of the molecule is CCCNC(C)CC(C)c1ccc2nc(C)ccc2c1. The Balaban J connectivity index is 2.10. The lowest BCUT2D eigenvalue weighted by molar-refractivity contribution is 0.479. The number of fused-ring (bicyclic) bond motifs is 1. The molecule has 1 heterocycles. The van der Waals surface area contributed by atoms with E-state index in [2.05, 4.69) is 61.4 Å². The highest BCUT2D eigenvalue weighted by Gasteiger charge is 2.11. The number of rotatable bonds is 6. The van der Waals surface area contributed by atoms with Crippen LogP contribution in [0.3, 0.4) is 0 Å². The molecule has 0 spiro atoms. The Labute approximate surface area is 122 Å². The predicted molar refractivity (Wildman–Crippen MR) is 87.3 cm³/mol. The molecule has 0 radical (unpaired) electrons. The first-order valence-corrected chi connectivity index (χ1v) is 7.71. The van der Waals surface area contributed by atoms with E-state index in [4.69, 9.17) is 0 Å². The van der Waals surface area contributed by atoms with Gasteiger partial charge in [-0.2, -0.15) is 0 Å². The van der Waals surface area contributed by atoms with Gasteiger partial charge < -0.3 is 5.32 Å². The average Bonchev–Trinajstić information content (AvgIpc) is 2.44. The summed E-state index contributed by atoms with van der Waals surface area (Å²) in [5, 5.41) is 4.81. The first-order valence-electron chi connectivity index (χ1n) is 7.71. The highest BCUT2D eigenvalue weighted by Crippen LogP contribution is 2.24. The fraction of sp³-hybridized carbons (Fsp3) is 0.500. The number of hydrogen-bond acceptors (Lipinski definition) is 2. The second kappa shape index (κ2) is 6.85. The molecule has 1 N–H and O–H groups in total. The zero-order valence-corrected chi connectivity index (χ0v) is 13.1. The average molecular weight is 270 g/mol. The van der Waals surface area contributed by atoms with Gasteiger partial charge in [-0.3, -0.25) is 4.98 Å². The highest BCUT2D eigenvalue weighted by atomic mass is 14.9. The van der Waals surface area contributed by atoms with Gasteiger partial charge in [0, 0.05) is 17.1 Å². The molecule has 20 heavy (non-hydrogen) atoms. The molecule has 108 valence electrons. The smallest absolute Gasteiger partial charge is 0.0705 e. The van der Waals surface area contributed by atoms with Gasteiger partial charge in [0.2, 0.25) is 0 Å². The molecule has 2 atom stereocenters. The summed E-state index contributed by atoms with van der Waals surface area (Å²) in [6.45, 7) is 9.94. The van der Waals surface area contributed by atoms with E-state index < -0.39 is 0 Å². The number of aryl methyl sites for hydroxylation is 1. The first-order chi connectivity index (χ1) is 9.60. The normalized spacial score (nSPS) is 14.4. The van der Waals surface area contributed by atoms with Crippen molar-refractivity contribution in [3.05, 3.63) is 41.6 Å². The van der Waals surface area contributed by atoms with Gasteiger partial charge >= 0.3 is 0 Å². The molecule has 2 nitrogen and oxygen atoms in total. The molecule has 0 saturated carbocycles. The van der Waals surface area contributed by atoms with Gasteiger partial charge in [-0.05, 0) is 62.9 Å². The van der Waals surface area contributed by atoms with Gasteiger partial charge in [0.25, 0.3) is 0 Å². The van der Waals surface area contributed by atoms with Crippen LogP contribution < -0.4 is 5.32 Å².